The highest BCUT2D eigenvalue weighted by atomic mass is 79.9. The van der Waals surface area contributed by atoms with Crippen LogP contribution in [0.25, 0.3) is 0 Å². The van der Waals surface area contributed by atoms with Crippen molar-refractivity contribution in [3.63, 3.8) is 0 Å². The highest BCUT2D eigenvalue weighted by Crippen LogP contribution is 2.39. The lowest BCUT2D eigenvalue weighted by Gasteiger charge is -2.38. The Bertz CT molecular complexity index is 2890. The summed E-state index contributed by atoms with van der Waals surface area (Å²) in [6.45, 7) is 4.74. The number of hydrogen-bond acceptors (Lipinski definition) is 16. The topological polar surface area (TPSA) is 212 Å². The van der Waals surface area contributed by atoms with Gasteiger partial charge < -0.3 is 40.5 Å². The van der Waals surface area contributed by atoms with E-state index in [-0.39, 0.29) is 44.4 Å². The van der Waals surface area contributed by atoms with Gasteiger partial charge in [0.05, 0.1) is 37.4 Å². The van der Waals surface area contributed by atoms with Gasteiger partial charge in [-0.2, -0.15) is 13.2 Å². The molecule has 0 aliphatic carbocycles. The van der Waals surface area contributed by atoms with E-state index in [1.807, 2.05) is 20.6 Å². The van der Waals surface area contributed by atoms with E-state index in [9.17, 15) is 41.1 Å². The van der Waals surface area contributed by atoms with Crippen LogP contribution in [0.1, 0.15) is 68.8 Å². The monoisotopic (exact) mass is 1220 g/mol. The molecule has 10 rings (SSSR count). The fourth-order valence-corrected chi connectivity index (χ4v) is 10.9. The van der Waals surface area contributed by atoms with Crippen molar-refractivity contribution < 1.29 is 56.8 Å². The highest BCUT2D eigenvalue weighted by Gasteiger charge is 2.39. The van der Waals surface area contributed by atoms with Gasteiger partial charge in [-0.3, -0.25) is 19.7 Å². The van der Waals surface area contributed by atoms with Crippen LogP contribution in [0.15, 0.2) is 92.1 Å². The van der Waals surface area contributed by atoms with E-state index in [1.165, 1.54) is 92.6 Å². The standard InChI is InChI=1S/C22H22ClFN6O3S.C16H12BrClFN3O2S.C7H12N2O.C2HF3O.2CH4.H2/c1-33-21(31)17-16(11-29-5-6-30-13(10-29)9-26-22(30)32)27-19(20-25-4-7-34-20)28-18(17)14-3-2-12(24)8-15(14)23;1-24-16(23)12-11(7-17)21-14(15-20-4-5-25-15)22-13(12)9-3-2-8(19)6-10(9)18;10-7-8-5-6-3-1-2-4-9(6)7;3-2(4,5)1-6;;;/h2-4,7-8,13,18H,5-6,9-11H2,1H3,(H,26,32)(H,27,28);2-6,13H,7H2,1H3,(H,21,22);6H,1-5H2,(H,8,10);1H;2*1H4;1H/t13-,18+;13-;6-;;;;/m100..../s1. The molecule has 77 heavy (non-hydrogen) atoms. The Hall–Kier alpha value is -6.06. The molecule has 0 bridgehead atoms. The van der Waals surface area contributed by atoms with Gasteiger partial charge in [-0.05, 0) is 43.5 Å². The van der Waals surface area contributed by atoms with Gasteiger partial charge in [0.2, 0.25) is 6.29 Å². The van der Waals surface area contributed by atoms with Gasteiger partial charge in [0.15, 0.2) is 21.7 Å². The summed E-state index contributed by atoms with van der Waals surface area (Å²) in [6.07, 6.45) is 1.30. The minimum Gasteiger partial charge on any atom is -0.466 e. The van der Waals surface area contributed by atoms with E-state index >= 15 is 0 Å². The van der Waals surface area contributed by atoms with Crippen molar-refractivity contribution in [2.75, 3.05) is 65.4 Å². The number of esters is 2. The van der Waals surface area contributed by atoms with Crippen LogP contribution in [0.2, 0.25) is 10.0 Å². The molecule has 4 amide bonds. The molecule has 4 saturated heterocycles. The van der Waals surface area contributed by atoms with Gasteiger partial charge in [0.25, 0.3) is 0 Å². The summed E-state index contributed by atoms with van der Waals surface area (Å²) in [5.41, 5.74) is 2.83. The first-order valence-electron chi connectivity index (χ1n) is 22.9. The number of nitrogens with zero attached hydrogens (tertiary/aromatic N) is 7. The Morgan fingerprint density at radius 2 is 1.26 bits per heavy atom. The SMILES string of the molecule is C.C.COC(=O)C1=C(CBr)NC(c2nccs2)=N[C@H]1c1ccc(F)cc1Cl.COC(=O)C1=C(CN2CCN3C(=O)NC[C@@H]3C2)NC(c2nccs2)=N[C@H]1c1ccc(F)cc1Cl.O=C1NC[C@@H]2CCCCN12.O=CC(F)(F)F.[HH]. The fraction of sp³-hybridized carbons (Fsp3) is 0.408. The van der Waals surface area contributed by atoms with E-state index in [0.717, 1.165) is 13.1 Å². The van der Waals surface area contributed by atoms with Crippen molar-refractivity contribution in [1.82, 2.24) is 45.9 Å². The number of carbonyl (C=O) groups excluding carboxylic acids is 5. The maximum Gasteiger partial charge on any atom is 0.446 e. The van der Waals surface area contributed by atoms with Crippen molar-refractivity contribution in [2.24, 2.45) is 9.98 Å². The number of aldehydes is 1. The summed E-state index contributed by atoms with van der Waals surface area (Å²) >= 11 is 18.8. The number of aliphatic imine (C=N–C) groups is 2. The van der Waals surface area contributed by atoms with Crippen LogP contribution in [0.5, 0.6) is 0 Å². The molecule has 28 heteroatoms. The molecule has 4 aromatic rings. The summed E-state index contributed by atoms with van der Waals surface area (Å²) < 4.78 is 68.5. The number of rotatable bonds is 9. The molecule has 0 radical (unpaired) electrons. The first-order valence-corrected chi connectivity index (χ1v) is 26.5. The number of alkyl halides is 4. The molecule has 0 saturated carbocycles. The van der Waals surface area contributed by atoms with Crippen molar-refractivity contribution in [1.29, 1.82) is 0 Å². The zero-order valence-electron chi connectivity index (χ0n) is 39.8. The molecule has 4 fully saturated rings. The van der Waals surface area contributed by atoms with Crippen molar-refractivity contribution in [3.05, 3.63) is 125 Å². The van der Waals surface area contributed by atoms with E-state index in [1.54, 1.807) is 12.4 Å². The average molecular weight is 1220 g/mol. The predicted octanol–water partition coefficient (Wildman–Crippen LogP) is 8.84. The first kappa shape index (κ1) is 61.8. The smallest absolute Gasteiger partial charge is 0.446 e. The Balaban J connectivity index is 0.000000260. The molecule has 2 aromatic carbocycles. The largest absolute Gasteiger partial charge is 0.466 e. The van der Waals surface area contributed by atoms with Crippen LogP contribution in [-0.2, 0) is 23.9 Å². The van der Waals surface area contributed by atoms with Crippen LogP contribution in [0, 0.1) is 11.6 Å². The summed E-state index contributed by atoms with van der Waals surface area (Å²) in [5, 5.41) is 17.8. The average Bonchev–Trinajstić information content (AvgIpc) is 4.26. The van der Waals surface area contributed by atoms with Crippen molar-refractivity contribution in [3.8, 4) is 0 Å². The second-order valence-electron chi connectivity index (χ2n) is 16.9. The summed E-state index contributed by atoms with van der Waals surface area (Å²) in [5.74, 6) is -1.01. The zero-order valence-corrected chi connectivity index (χ0v) is 44.5. The number of urea groups is 2. The zero-order chi connectivity index (χ0) is 54.0. The maximum atomic E-state index is 13.8. The second kappa shape index (κ2) is 28.0. The van der Waals surface area contributed by atoms with E-state index in [4.69, 9.17) is 42.5 Å². The highest BCUT2D eigenvalue weighted by molar-refractivity contribution is 9.09. The third kappa shape index (κ3) is 15.4. The number of aromatic nitrogens is 2. The summed E-state index contributed by atoms with van der Waals surface area (Å²) in [7, 11) is 2.61. The molecule has 4 N–H and O–H groups in total. The summed E-state index contributed by atoms with van der Waals surface area (Å²) in [6, 6.07) is 7.18. The molecular formula is C49H57BrCl2F5N11O7S2. The normalized spacial score (nSPS) is 20.6. The molecule has 418 valence electrons. The molecule has 0 spiro atoms. The minimum absolute atomic E-state index is 0. The van der Waals surface area contributed by atoms with Gasteiger partial charge >= 0.3 is 30.2 Å². The van der Waals surface area contributed by atoms with Crippen LogP contribution >= 0.6 is 61.8 Å². The van der Waals surface area contributed by atoms with Crippen LogP contribution in [0.4, 0.5) is 31.5 Å². The number of amidine groups is 2. The summed E-state index contributed by atoms with van der Waals surface area (Å²) in [4.78, 5) is 81.0. The van der Waals surface area contributed by atoms with Gasteiger partial charge in [-0.25, -0.2) is 37.9 Å². The molecule has 0 unspecified atom stereocenters. The molecule has 6 aliphatic heterocycles. The molecular weight excluding hydrogens is 1160 g/mol. The minimum atomic E-state index is -4.64. The Kier molecular flexibility index (Phi) is 22.5. The van der Waals surface area contributed by atoms with E-state index in [0.29, 0.717) is 99.4 Å². The third-order valence-corrected chi connectivity index (χ3v) is 15.0. The molecule has 8 heterocycles. The lowest BCUT2D eigenvalue weighted by Crippen LogP contribution is -2.53. The maximum absolute atomic E-state index is 13.8. The van der Waals surface area contributed by atoms with Gasteiger partial charge in [-0.15, -0.1) is 22.7 Å². The quantitative estimate of drug-likeness (QED) is 0.0536. The lowest BCUT2D eigenvalue weighted by atomic mass is 9.95. The van der Waals surface area contributed by atoms with Crippen molar-refractivity contribution in [2.45, 2.75) is 64.5 Å². The van der Waals surface area contributed by atoms with Crippen LogP contribution in [-0.4, -0.2) is 150 Å². The number of benzene rings is 2. The Labute approximate surface area is 468 Å². The number of piperazine rings is 1. The van der Waals surface area contributed by atoms with Gasteiger partial charge in [-0.1, -0.05) is 66.1 Å². The molecule has 6 aliphatic rings. The second-order valence-corrected chi connectivity index (χ2v) is 20.0. The van der Waals surface area contributed by atoms with E-state index in [2.05, 4.69) is 57.1 Å². The van der Waals surface area contributed by atoms with Gasteiger partial charge in [0.1, 0.15) is 23.7 Å². The van der Waals surface area contributed by atoms with Gasteiger partial charge in [0, 0.05) is 108 Å². The predicted molar refractivity (Wildman–Crippen MR) is 290 cm³/mol. The molecule has 18 nitrogen and oxygen atoms in total. The number of amides is 4. The number of halogens is 8. The van der Waals surface area contributed by atoms with Crippen LogP contribution < -0.4 is 21.3 Å². The van der Waals surface area contributed by atoms with Crippen molar-refractivity contribution >= 4 is 104 Å². The number of allylic oxidation sites excluding steroid dienone is 1. The van der Waals surface area contributed by atoms with Crippen LogP contribution in [0.3, 0.4) is 0 Å². The third-order valence-electron chi connectivity index (χ3n) is 12.2. The number of ether oxygens (including phenoxy) is 2. The Morgan fingerprint density at radius 3 is 1.70 bits per heavy atom. The number of methoxy groups -OCH3 is 2. The number of piperidine rings is 1. The molecule has 2 aromatic heterocycles. The fourth-order valence-electron chi connectivity index (χ4n) is 8.74. The number of nitrogens with one attached hydrogen (secondary N) is 4. The lowest BCUT2D eigenvalue weighted by molar-refractivity contribution is -0.156. The molecule has 4 atom stereocenters. The number of carbonyl (C=O) groups is 5. The number of hydrogen-bond donors (Lipinski definition) is 4. The first-order chi connectivity index (χ1) is 35.9. The van der Waals surface area contributed by atoms with E-state index < -0.39 is 48.1 Å². The number of fused-ring (bicyclic) bond motifs is 2. The Morgan fingerprint density at radius 1 is 0.779 bits per heavy atom. The number of thiazole rings is 2.